The summed E-state index contributed by atoms with van der Waals surface area (Å²) in [5.41, 5.74) is 0. The number of likely N-dealkylation sites (tertiary alicyclic amines) is 2. The Hall–Kier alpha value is -0.620. The van der Waals surface area contributed by atoms with Gasteiger partial charge in [0.15, 0.2) is 0 Å². The molecule has 2 aliphatic rings. The largest absolute Gasteiger partial charge is 0.338 e. The molecule has 5 nitrogen and oxygen atoms in total. The highest BCUT2D eigenvalue weighted by molar-refractivity contribution is 7.90. The molecule has 1 amide bonds. The van der Waals surface area contributed by atoms with Crippen LogP contribution in [0, 0.1) is 0 Å². The van der Waals surface area contributed by atoms with Crippen molar-refractivity contribution in [3.05, 3.63) is 0 Å². The van der Waals surface area contributed by atoms with Gasteiger partial charge in [0.25, 0.3) is 0 Å². The number of rotatable bonds is 4. The van der Waals surface area contributed by atoms with Gasteiger partial charge in [0.1, 0.15) is 9.84 Å². The molecular weight excluding hydrogens is 264 g/mol. The van der Waals surface area contributed by atoms with Crippen molar-refractivity contribution in [2.24, 2.45) is 0 Å². The van der Waals surface area contributed by atoms with E-state index in [0.717, 1.165) is 38.8 Å². The maximum Gasteiger partial charge on any atom is 0.219 e. The Kier molecular flexibility index (Phi) is 4.50. The number of amides is 1. The van der Waals surface area contributed by atoms with E-state index < -0.39 is 9.84 Å². The van der Waals surface area contributed by atoms with Crippen LogP contribution in [0.3, 0.4) is 0 Å². The van der Waals surface area contributed by atoms with E-state index in [9.17, 15) is 13.2 Å². The van der Waals surface area contributed by atoms with Crippen molar-refractivity contribution in [2.75, 3.05) is 31.6 Å². The molecule has 0 aromatic heterocycles. The van der Waals surface area contributed by atoms with Gasteiger partial charge < -0.3 is 4.90 Å². The first-order valence-corrected chi connectivity index (χ1v) is 9.13. The number of carbonyl (C=O) groups excluding carboxylic acids is 1. The topological polar surface area (TPSA) is 57.7 Å². The lowest BCUT2D eigenvalue weighted by molar-refractivity contribution is -0.130. The average molecular weight is 288 g/mol. The molecule has 0 saturated carbocycles. The molecule has 0 N–H and O–H groups in total. The van der Waals surface area contributed by atoms with Crippen LogP contribution in [-0.4, -0.2) is 67.9 Å². The molecule has 19 heavy (non-hydrogen) atoms. The summed E-state index contributed by atoms with van der Waals surface area (Å²) in [6.07, 6.45) is 5.60. The zero-order valence-electron chi connectivity index (χ0n) is 11.8. The molecule has 0 aromatic rings. The first kappa shape index (κ1) is 14.8. The third-order valence-corrected chi connectivity index (χ3v) is 5.24. The maximum atomic E-state index is 11.6. The minimum Gasteiger partial charge on any atom is -0.338 e. The minimum atomic E-state index is -2.91. The monoisotopic (exact) mass is 288 g/mol. The molecular formula is C13H24N2O3S. The molecule has 2 saturated heterocycles. The van der Waals surface area contributed by atoms with Crippen molar-refractivity contribution in [2.45, 2.75) is 44.7 Å². The highest BCUT2D eigenvalue weighted by atomic mass is 32.2. The van der Waals surface area contributed by atoms with E-state index in [4.69, 9.17) is 0 Å². The van der Waals surface area contributed by atoms with Crippen molar-refractivity contribution >= 4 is 15.7 Å². The Morgan fingerprint density at radius 1 is 1.16 bits per heavy atom. The van der Waals surface area contributed by atoms with Gasteiger partial charge >= 0.3 is 0 Å². The summed E-state index contributed by atoms with van der Waals surface area (Å²) >= 11 is 0. The van der Waals surface area contributed by atoms with Gasteiger partial charge in [0.05, 0.1) is 5.75 Å². The van der Waals surface area contributed by atoms with Crippen LogP contribution >= 0.6 is 0 Å². The van der Waals surface area contributed by atoms with Gasteiger partial charge in [0, 0.05) is 38.4 Å². The van der Waals surface area contributed by atoms with E-state index >= 15 is 0 Å². The Balaban J connectivity index is 2.00. The van der Waals surface area contributed by atoms with Gasteiger partial charge in [-0.05, 0) is 32.2 Å². The summed E-state index contributed by atoms with van der Waals surface area (Å²) in [7, 11) is -2.91. The Labute approximate surface area is 115 Å². The minimum absolute atomic E-state index is 0.150. The van der Waals surface area contributed by atoms with Gasteiger partial charge in [-0.1, -0.05) is 0 Å². The van der Waals surface area contributed by atoms with E-state index in [0.29, 0.717) is 18.6 Å². The number of sulfone groups is 1. The van der Waals surface area contributed by atoms with E-state index in [2.05, 4.69) is 4.90 Å². The molecule has 2 aliphatic heterocycles. The smallest absolute Gasteiger partial charge is 0.219 e. The van der Waals surface area contributed by atoms with E-state index in [-0.39, 0.29) is 11.7 Å². The Morgan fingerprint density at radius 3 is 2.42 bits per heavy atom. The molecule has 0 spiro atoms. The van der Waals surface area contributed by atoms with Crippen LogP contribution in [0.1, 0.15) is 32.6 Å². The lowest BCUT2D eigenvalue weighted by Crippen LogP contribution is -2.48. The van der Waals surface area contributed by atoms with Crippen LogP contribution in [0.2, 0.25) is 0 Å². The van der Waals surface area contributed by atoms with Crippen LogP contribution in [-0.2, 0) is 14.6 Å². The second-order valence-electron chi connectivity index (χ2n) is 5.80. The quantitative estimate of drug-likeness (QED) is 0.756. The second kappa shape index (κ2) is 5.79. The Bertz CT molecular complexity index is 435. The van der Waals surface area contributed by atoms with Crippen LogP contribution in [0.5, 0.6) is 0 Å². The summed E-state index contributed by atoms with van der Waals surface area (Å²) < 4.78 is 22.6. The van der Waals surface area contributed by atoms with Gasteiger partial charge in [-0.25, -0.2) is 8.42 Å². The highest BCUT2D eigenvalue weighted by Gasteiger charge is 2.38. The predicted octanol–water partition coefficient (Wildman–Crippen LogP) is 0.506. The summed E-state index contributed by atoms with van der Waals surface area (Å²) in [6.45, 7) is 4.05. The third kappa shape index (κ3) is 3.69. The lowest BCUT2D eigenvalue weighted by Gasteiger charge is -2.34. The molecule has 0 bridgehead atoms. The van der Waals surface area contributed by atoms with Crippen LogP contribution in [0.4, 0.5) is 0 Å². The van der Waals surface area contributed by atoms with Gasteiger partial charge in [-0.2, -0.15) is 0 Å². The fraction of sp³-hybridized carbons (Fsp3) is 0.923. The molecule has 2 atom stereocenters. The van der Waals surface area contributed by atoms with Crippen molar-refractivity contribution < 1.29 is 13.2 Å². The van der Waals surface area contributed by atoms with Crippen molar-refractivity contribution in [3.63, 3.8) is 0 Å². The van der Waals surface area contributed by atoms with Crippen LogP contribution in [0.15, 0.2) is 0 Å². The summed E-state index contributed by atoms with van der Waals surface area (Å²) in [5, 5.41) is 0. The van der Waals surface area contributed by atoms with Gasteiger partial charge in [0.2, 0.25) is 5.91 Å². The molecule has 6 heteroatoms. The zero-order chi connectivity index (χ0) is 14.0. The van der Waals surface area contributed by atoms with E-state index in [1.165, 1.54) is 6.26 Å². The van der Waals surface area contributed by atoms with Gasteiger partial charge in [-0.15, -0.1) is 0 Å². The van der Waals surface area contributed by atoms with Gasteiger partial charge in [-0.3, -0.25) is 9.69 Å². The molecule has 110 valence electrons. The number of nitrogens with zero attached hydrogens (tertiary/aromatic N) is 2. The molecule has 2 fully saturated rings. The first-order chi connectivity index (χ1) is 8.88. The van der Waals surface area contributed by atoms with Crippen molar-refractivity contribution in [1.82, 2.24) is 9.80 Å². The second-order valence-corrected chi connectivity index (χ2v) is 8.06. The SMILES string of the molecule is CC(=O)N1CCCC1C1CCCN1CCS(C)(=O)=O. The third-order valence-electron chi connectivity index (χ3n) is 4.31. The standard InChI is InChI=1S/C13H24N2O3S/c1-11(16)15-8-4-6-13(15)12-5-3-7-14(12)9-10-19(2,17)18/h12-13H,3-10H2,1-2H3. The molecule has 2 heterocycles. The first-order valence-electron chi connectivity index (χ1n) is 7.07. The van der Waals surface area contributed by atoms with E-state index in [1.54, 1.807) is 6.92 Å². The molecule has 0 aromatic carbocycles. The zero-order valence-corrected chi connectivity index (χ0v) is 12.7. The lowest BCUT2D eigenvalue weighted by atomic mass is 10.0. The molecule has 2 unspecified atom stereocenters. The fourth-order valence-corrected chi connectivity index (χ4v) is 4.00. The average Bonchev–Trinajstić information content (AvgIpc) is 2.93. The number of hydrogen-bond donors (Lipinski definition) is 0. The summed E-state index contributed by atoms with van der Waals surface area (Å²) in [5.74, 6) is 0.369. The summed E-state index contributed by atoms with van der Waals surface area (Å²) in [6, 6.07) is 0.646. The fourth-order valence-electron chi connectivity index (χ4n) is 3.43. The Morgan fingerprint density at radius 2 is 1.79 bits per heavy atom. The summed E-state index contributed by atoms with van der Waals surface area (Å²) in [4.78, 5) is 15.9. The maximum absolute atomic E-state index is 11.6. The van der Waals surface area contributed by atoms with Crippen molar-refractivity contribution in [3.8, 4) is 0 Å². The predicted molar refractivity (Wildman–Crippen MR) is 74.7 cm³/mol. The normalized spacial score (nSPS) is 29.1. The molecule has 2 rings (SSSR count). The molecule has 0 aliphatic carbocycles. The van der Waals surface area contributed by atoms with E-state index in [1.807, 2.05) is 4.90 Å². The van der Waals surface area contributed by atoms with Crippen LogP contribution < -0.4 is 0 Å². The number of hydrogen-bond acceptors (Lipinski definition) is 4. The molecule has 0 radical (unpaired) electrons. The highest BCUT2D eigenvalue weighted by Crippen LogP contribution is 2.29. The van der Waals surface area contributed by atoms with Crippen LogP contribution in [0.25, 0.3) is 0 Å². The van der Waals surface area contributed by atoms with Crippen molar-refractivity contribution in [1.29, 1.82) is 0 Å². The number of carbonyl (C=O) groups is 1.